The Bertz CT molecular complexity index is 683. The van der Waals surface area contributed by atoms with Crippen LogP contribution in [0.5, 0.6) is 5.75 Å². The molecule has 128 valence electrons. The van der Waals surface area contributed by atoms with Crippen LogP contribution >= 0.6 is 11.6 Å². The second-order valence-corrected chi connectivity index (χ2v) is 6.53. The highest BCUT2D eigenvalue weighted by Gasteiger charge is 2.09. The third-order valence-electron chi connectivity index (χ3n) is 3.90. The summed E-state index contributed by atoms with van der Waals surface area (Å²) < 4.78 is 5.72. The SMILES string of the molecule is Cc1ccc(CN(C)C(=O)CCCOc2ccc(Cl)cc2C)cc1. The number of hydrogen-bond donors (Lipinski definition) is 0. The Morgan fingerprint density at radius 1 is 1.12 bits per heavy atom. The molecule has 0 saturated carbocycles. The smallest absolute Gasteiger partial charge is 0.222 e. The molecule has 2 aromatic carbocycles. The number of aryl methyl sites for hydroxylation is 2. The van der Waals surface area contributed by atoms with E-state index in [1.807, 2.05) is 32.2 Å². The van der Waals surface area contributed by atoms with Gasteiger partial charge in [0.15, 0.2) is 0 Å². The molecular weight excluding hydrogens is 322 g/mol. The Balaban J connectivity index is 1.73. The fourth-order valence-corrected chi connectivity index (χ4v) is 2.65. The number of nitrogens with zero attached hydrogens (tertiary/aromatic N) is 1. The molecule has 0 unspecified atom stereocenters. The molecule has 2 rings (SSSR count). The van der Waals surface area contributed by atoms with Gasteiger partial charge in [0.05, 0.1) is 6.61 Å². The van der Waals surface area contributed by atoms with E-state index in [0.29, 0.717) is 31.0 Å². The van der Waals surface area contributed by atoms with Crippen LogP contribution in [0.15, 0.2) is 42.5 Å². The molecule has 1 amide bonds. The highest BCUT2D eigenvalue weighted by molar-refractivity contribution is 6.30. The molecule has 0 spiro atoms. The van der Waals surface area contributed by atoms with Crippen molar-refractivity contribution >= 4 is 17.5 Å². The number of carbonyl (C=O) groups is 1. The van der Waals surface area contributed by atoms with Crippen LogP contribution in [-0.4, -0.2) is 24.5 Å². The van der Waals surface area contributed by atoms with Gasteiger partial charge in [-0.25, -0.2) is 0 Å². The average Bonchev–Trinajstić information content (AvgIpc) is 2.55. The number of carbonyl (C=O) groups excluding carboxylic acids is 1. The zero-order chi connectivity index (χ0) is 17.5. The van der Waals surface area contributed by atoms with E-state index < -0.39 is 0 Å². The summed E-state index contributed by atoms with van der Waals surface area (Å²) >= 11 is 5.92. The molecule has 0 aliphatic heterocycles. The predicted molar refractivity (Wildman–Crippen MR) is 98.6 cm³/mol. The van der Waals surface area contributed by atoms with Crippen LogP contribution in [0, 0.1) is 13.8 Å². The minimum absolute atomic E-state index is 0.131. The van der Waals surface area contributed by atoms with Crippen LogP contribution in [-0.2, 0) is 11.3 Å². The van der Waals surface area contributed by atoms with Crippen LogP contribution in [0.25, 0.3) is 0 Å². The normalized spacial score (nSPS) is 10.5. The lowest BCUT2D eigenvalue weighted by atomic mass is 10.1. The summed E-state index contributed by atoms with van der Waals surface area (Å²) in [6, 6.07) is 13.8. The molecule has 0 aliphatic carbocycles. The summed E-state index contributed by atoms with van der Waals surface area (Å²) in [6.45, 7) is 5.17. The van der Waals surface area contributed by atoms with Gasteiger partial charge in [-0.05, 0) is 49.6 Å². The molecule has 0 heterocycles. The Morgan fingerprint density at radius 2 is 1.83 bits per heavy atom. The number of benzene rings is 2. The lowest BCUT2D eigenvalue weighted by Crippen LogP contribution is -2.26. The van der Waals surface area contributed by atoms with Gasteiger partial charge in [-0.3, -0.25) is 4.79 Å². The topological polar surface area (TPSA) is 29.5 Å². The molecule has 0 fully saturated rings. The molecule has 4 heteroatoms. The molecule has 24 heavy (non-hydrogen) atoms. The standard InChI is InChI=1S/C20H24ClNO2/c1-15-6-8-17(9-7-15)14-22(3)20(23)5-4-12-24-19-11-10-18(21)13-16(19)2/h6-11,13H,4-5,12,14H2,1-3H3. The molecule has 3 nitrogen and oxygen atoms in total. The third-order valence-corrected chi connectivity index (χ3v) is 4.13. The summed E-state index contributed by atoms with van der Waals surface area (Å²) in [5, 5.41) is 0.702. The lowest BCUT2D eigenvalue weighted by molar-refractivity contribution is -0.130. The first-order valence-electron chi connectivity index (χ1n) is 8.14. The van der Waals surface area contributed by atoms with Crippen LogP contribution in [0.3, 0.4) is 0 Å². The maximum Gasteiger partial charge on any atom is 0.222 e. The molecule has 0 aliphatic rings. The van der Waals surface area contributed by atoms with E-state index in [1.54, 1.807) is 4.90 Å². The second kappa shape index (κ2) is 8.74. The van der Waals surface area contributed by atoms with Gasteiger partial charge in [-0.1, -0.05) is 41.4 Å². The third kappa shape index (κ3) is 5.57. The summed E-state index contributed by atoms with van der Waals surface area (Å²) in [5.41, 5.74) is 3.37. The summed E-state index contributed by atoms with van der Waals surface area (Å²) in [4.78, 5) is 14.0. The summed E-state index contributed by atoms with van der Waals surface area (Å²) in [5.74, 6) is 0.951. The maximum absolute atomic E-state index is 12.2. The van der Waals surface area contributed by atoms with Crippen molar-refractivity contribution in [1.82, 2.24) is 4.90 Å². The number of halogens is 1. The minimum atomic E-state index is 0.131. The number of hydrogen-bond acceptors (Lipinski definition) is 2. The summed E-state index contributed by atoms with van der Waals surface area (Å²) in [7, 11) is 1.84. The van der Waals surface area contributed by atoms with Gasteiger partial charge >= 0.3 is 0 Å². The number of rotatable bonds is 7. The first kappa shape index (κ1) is 18.3. The monoisotopic (exact) mass is 345 g/mol. The van der Waals surface area contributed by atoms with Crippen molar-refractivity contribution in [3.05, 3.63) is 64.2 Å². The van der Waals surface area contributed by atoms with Crippen molar-refractivity contribution in [1.29, 1.82) is 0 Å². The van der Waals surface area contributed by atoms with Crippen molar-refractivity contribution in [3.63, 3.8) is 0 Å². The average molecular weight is 346 g/mol. The van der Waals surface area contributed by atoms with Gasteiger partial charge < -0.3 is 9.64 Å². The van der Waals surface area contributed by atoms with Crippen molar-refractivity contribution in [3.8, 4) is 5.75 Å². The van der Waals surface area contributed by atoms with Gasteiger partial charge in [0, 0.05) is 25.0 Å². The molecule has 0 atom stereocenters. The van der Waals surface area contributed by atoms with Crippen molar-refractivity contribution in [2.75, 3.05) is 13.7 Å². The lowest BCUT2D eigenvalue weighted by Gasteiger charge is -2.17. The van der Waals surface area contributed by atoms with E-state index in [9.17, 15) is 4.79 Å². The van der Waals surface area contributed by atoms with E-state index in [0.717, 1.165) is 16.9 Å². The van der Waals surface area contributed by atoms with E-state index in [-0.39, 0.29) is 5.91 Å². The Hall–Kier alpha value is -2.00. The zero-order valence-electron chi connectivity index (χ0n) is 14.5. The van der Waals surface area contributed by atoms with Crippen LogP contribution < -0.4 is 4.74 Å². The van der Waals surface area contributed by atoms with E-state index in [4.69, 9.17) is 16.3 Å². The molecule has 0 bridgehead atoms. The summed E-state index contributed by atoms with van der Waals surface area (Å²) in [6.07, 6.45) is 1.17. The van der Waals surface area contributed by atoms with Crippen molar-refractivity contribution < 1.29 is 9.53 Å². The largest absolute Gasteiger partial charge is 0.493 e. The van der Waals surface area contributed by atoms with E-state index in [2.05, 4.69) is 31.2 Å². The van der Waals surface area contributed by atoms with Crippen LogP contribution in [0.1, 0.15) is 29.5 Å². The molecule has 0 saturated heterocycles. The van der Waals surface area contributed by atoms with E-state index >= 15 is 0 Å². The Kier molecular flexibility index (Phi) is 6.68. The highest BCUT2D eigenvalue weighted by Crippen LogP contribution is 2.22. The number of ether oxygens (including phenoxy) is 1. The fourth-order valence-electron chi connectivity index (χ4n) is 2.43. The molecule has 0 radical (unpaired) electrons. The second-order valence-electron chi connectivity index (χ2n) is 6.10. The molecule has 0 aromatic heterocycles. The van der Waals surface area contributed by atoms with Crippen molar-refractivity contribution in [2.24, 2.45) is 0 Å². The maximum atomic E-state index is 12.2. The Labute approximate surface area is 149 Å². The molecular formula is C20H24ClNO2. The van der Waals surface area contributed by atoms with Gasteiger partial charge in [-0.15, -0.1) is 0 Å². The fraction of sp³-hybridized carbons (Fsp3) is 0.350. The van der Waals surface area contributed by atoms with Gasteiger partial charge in [-0.2, -0.15) is 0 Å². The quantitative estimate of drug-likeness (QED) is 0.676. The van der Waals surface area contributed by atoms with Crippen molar-refractivity contribution in [2.45, 2.75) is 33.2 Å². The predicted octanol–water partition coefficient (Wildman–Crippen LogP) is 4.77. The highest BCUT2D eigenvalue weighted by atomic mass is 35.5. The number of amides is 1. The van der Waals surface area contributed by atoms with Gasteiger partial charge in [0.1, 0.15) is 5.75 Å². The van der Waals surface area contributed by atoms with Gasteiger partial charge in [0.25, 0.3) is 0 Å². The first-order chi connectivity index (χ1) is 11.5. The van der Waals surface area contributed by atoms with Crippen LogP contribution in [0.4, 0.5) is 0 Å². The molecule has 0 N–H and O–H groups in total. The van der Waals surface area contributed by atoms with E-state index in [1.165, 1.54) is 5.56 Å². The van der Waals surface area contributed by atoms with Gasteiger partial charge in [0.2, 0.25) is 5.91 Å². The first-order valence-corrected chi connectivity index (χ1v) is 8.52. The van der Waals surface area contributed by atoms with Crippen LogP contribution in [0.2, 0.25) is 5.02 Å². The Morgan fingerprint density at radius 3 is 2.50 bits per heavy atom. The zero-order valence-corrected chi connectivity index (χ0v) is 15.3. The molecule has 2 aromatic rings. The minimum Gasteiger partial charge on any atom is -0.493 e.